The van der Waals surface area contributed by atoms with Crippen molar-refractivity contribution in [2.75, 3.05) is 0 Å². The quantitative estimate of drug-likeness (QED) is 0.693. The molecule has 1 fully saturated rings. The van der Waals surface area contributed by atoms with E-state index in [0.29, 0.717) is 12.0 Å². The Kier molecular flexibility index (Phi) is 3.18. The lowest BCUT2D eigenvalue weighted by atomic mass is 9.98. The van der Waals surface area contributed by atoms with Gasteiger partial charge in [0.15, 0.2) is 11.6 Å². The average molecular weight is 313 g/mol. The van der Waals surface area contributed by atoms with Gasteiger partial charge in [-0.25, -0.2) is 8.78 Å². The predicted molar refractivity (Wildman–Crippen MR) is 85.2 cm³/mol. The Labute approximate surface area is 133 Å². The molecule has 0 atom stereocenters. The molecule has 0 aliphatic heterocycles. The summed E-state index contributed by atoms with van der Waals surface area (Å²) in [5.74, 6) is -1.32. The molecule has 118 valence electrons. The van der Waals surface area contributed by atoms with Crippen LogP contribution in [0.5, 0.6) is 0 Å². The second kappa shape index (κ2) is 5.11. The Bertz CT molecular complexity index is 895. The second-order valence-corrected chi connectivity index (χ2v) is 6.47. The Morgan fingerprint density at radius 3 is 2.43 bits per heavy atom. The molecule has 23 heavy (non-hydrogen) atoms. The lowest BCUT2D eigenvalue weighted by molar-refractivity contribution is 0.510. The van der Waals surface area contributed by atoms with Crippen molar-refractivity contribution in [3.8, 4) is 11.3 Å². The third-order valence-electron chi connectivity index (χ3n) is 4.45. The molecule has 1 aromatic carbocycles. The van der Waals surface area contributed by atoms with Gasteiger partial charge in [-0.2, -0.15) is 10.2 Å². The van der Waals surface area contributed by atoms with Gasteiger partial charge < -0.3 is 4.57 Å². The molecule has 0 saturated heterocycles. The maximum absolute atomic E-state index is 13.7. The number of hydrogen-bond donors (Lipinski definition) is 0. The van der Waals surface area contributed by atoms with Crippen molar-refractivity contribution >= 4 is 10.9 Å². The summed E-state index contributed by atoms with van der Waals surface area (Å²) in [6.07, 6.45) is 5.64. The van der Waals surface area contributed by atoms with Crippen molar-refractivity contribution in [1.82, 2.24) is 14.8 Å². The summed E-state index contributed by atoms with van der Waals surface area (Å²) in [4.78, 5) is 0. The first kappa shape index (κ1) is 14.3. The van der Waals surface area contributed by atoms with Crippen LogP contribution in [0, 0.1) is 11.6 Å². The first-order valence-electron chi connectivity index (χ1n) is 7.87. The largest absolute Gasteiger partial charge is 0.337 e. The normalized spacial score (nSPS) is 14.8. The highest BCUT2D eigenvalue weighted by molar-refractivity contribution is 5.88. The minimum atomic E-state index is -0.811. The Hall–Kier alpha value is -2.30. The smallest absolute Gasteiger partial charge is 0.160 e. The molecule has 3 nitrogen and oxygen atoms in total. The van der Waals surface area contributed by atoms with Crippen molar-refractivity contribution in [3.05, 3.63) is 47.8 Å². The van der Waals surface area contributed by atoms with Crippen molar-refractivity contribution in [3.63, 3.8) is 0 Å². The van der Waals surface area contributed by atoms with E-state index in [1.807, 2.05) is 6.07 Å². The first-order valence-corrected chi connectivity index (χ1v) is 7.87. The molecule has 4 rings (SSSR count). The lowest BCUT2D eigenvalue weighted by Crippen LogP contribution is -2.02. The molecule has 2 aromatic heterocycles. The molecule has 0 unspecified atom stereocenters. The molecule has 1 aliphatic rings. The van der Waals surface area contributed by atoms with E-state index in [-0.39, 0.29) is 0 Å². The predicted octanol–water partition coefficient (Wildman–Crippen LogP) is 4.83. The lowest BCUT2D eigenvalue weighted by Gasteiger charge is -2.14. The fourth-order valence-corrected chi connectivity index (χ4v) is 3.16. The van der Waals surface area contributed by atoms with E-state index in [9.17, 15) is 8.78 Å². The van der Waals surface area contributed by atoms with E-state index in [4.69, 9.17) is 0 Å². The minimum Gasteiger partial charge on any atom is -0.337 e. The fraction of sp³-hybridized carbons (Fsp3) is 0.333. The fourth-order valence-electron chi connectivity index (χ4n) is 3.16. The van der Waals surface area contributed by atoms with Crippen molar-refractivity contribution in [2.24, 2.45) is 0 Å². The molecule has 0 bridgehead atoms. The molecular formula is C18H17F2N3. The Morgan fingerprint density at radius 2 is 1.74 bits per heavy atom. The highest BCUT2D eigenvalue weighted by atomic mass is 19.2. The third kappa shape index (κ3) is 2.31. The van der Waals surface area contributed by atoms with Gasteiger partial charge >= 0.3 is 0 Å². The van der Waals surface area contributed by atoms with E-state index in [0.717, 1.165) is 40.6 Å². The van der Waals surface area contributed by atoms with Gasteiger partial charge in [-0.15, -0.1) is 0 Å². The van der Waals surface area contributed by atoms with Crippen LogP contribution in [-0.4, -0.2) is 14.8 Å². The molecule has 1 saturated carbocycles. The van der Waals surface area contributed by atoms with Crippen LogP contribution in [-0.2, 0) is 0 Å². The van der Waals surface area contributed by atoms with Gasteiger partial charge in [-0.05, 0) is 36.5 Å². The van der Waals surface area contributed by atoms with E-state index in [1.165, 1.54) is 12.1 Å². The number of fused-ring (bicyclic) bond motifs is 1. The number of halogens is 2. The SMILES string of the molecule is CC(C)c1cnncc1-c1cc2cc(F)c(F)cc2n1C1CC1. The maximum Gasteiger partial charge on any atom is 0.160 e. The van der Waals surface area contributed by atoms with Crippen molar-refractivity contribution in [1.29, 1.82) is 0 Å². The summed E-state index contributed by atoms with van der Waals surface area (Å²) in [5.41, 5.74) is 3.78. The summed E-state index contributed by atoms with van der Waals surface area (Å²) in [5, 5.41) is 8.72. The standard InChI is InChI=1S/C18H17F2N3/c1-10(2)13-8-21-22-9-14(13)18-6-11-5-15(19)16(20)7-17(11)23(18)12-3-4-12/h5-10,12H,3-4H2,1-2H3. The number of nitrogens with zero attached hydrogens (tertiary/aromatic N) is 3. The van der Waals surface area contributed by atoms with Crippen LogP contribution in [0.4, 0.5) is 8.78 Å². The zero-order valence-corrected chi connectivity index (χ0v) is 13.1. The van der Waals surface area contributed by atoms with Crippen LogP contribution in [0.1, 0.15) is 44.2 Å². The monoisotopic (exact) mass is 313 g/mol. The van der Waals surface area contributed by atoms with Crippen molar-refractivity contribution < 1.29 is 8.78 Å². The molecule has 1 aliphatic carbocycles. The zero-order valence-electron chi connectivity index (χ0n) is 13.1. The van der Waals surface area contributed by atoms with Crippen LogP contribution in [0.2, 0.25) is 0 Å². The van der Waals surface area contributed by atoms with E-state index >= 15 is 0 Å². The highest BCUT2D eigenvalue weighted by Crippen LogP contribution is 2.43. The van der Waals surface area contributed by atoms with Crippen molar-refractivity contribution in [2.45, 2.75) is 38.6 Å². The van der Waals surface area contributed by atoms with E-state index in [1.54, 1.807) is 12.4 Å². The summed E-state index contributed by atoms with van der Waals surface area (Å²) < 4.78 is 29.5. The number of aromatic nitrogens is 3. The molecular weight excluding hydrogens is 296 g/mol. The van der Waals surface area contributed by atoms with E-state index in [2.05, 4.69) is 28.6 Å². The van der Waals surface area contributed by atoms with Crippen LogP contribution in [0.25, 0.3) is 22.2 Å². The summed E-state index contributed by atoms with van der Waals surface area (Å²) in [7, 11) is 0. The van der Waals surface area contributed by atoms with E-state index < -0.39 is 11.6 Å². The Morgan fingerprint density at radius 1 is 1.04 bits per heavy atom. The molecule has 0 N–H and O–H groups in total. The van der Waals surface area contributed by atoms with Gasteiger partial charge in [0.25, 0.3) is 0 Å². The minimum absolute atomic E-state index is 0.291. The summed E-state index contributed by atoms with van der Waals surface area (Å²) in [6.45, 7) is 4.20. The third-order valence-corrected chi connectivity index (χ3v) is 4.45. The van der Waals surface area contributed by atoms with Crippen LogP contribution < -0.4 is 0 Å². The summed E-state index contributed by atoms with van der Waals surface area (Å²) >= 11 is 0. The van der Waals surface area contributed by atoms with Gasteiger partial charge in [0.1, 0.15) is 0 Å². The van der Waals surface area contributed by atoms with Gasteiger partial charge in [-0.1, -0.05) is 13.8 Å². The number of benzene rings is 1. The van der Waals surface area contributed by atoms with Gasteiger partial charge in [0, 0.05) is 23.1 Å². The maximum atomic E-state index is 13.7. The molecule has 0 radical (unpaired) electrons. The molecule has 0 spiro atoms. The molecule has 5 heteroatoms. The average Bonchev–Trinajstić information content (AvgIpc) is 3.30. The Balaban J connectivity index is 2.02. The van der Waals surface area contributed by atoms with Gasteiger partial charge in [0.2, 0.25) is 0 Å². The number of hydrogen-bond acceptors (Lipinski definition) is 2. The molecule has 3 aromatic rings. The van der Waals surface area contributed by atoms with Crippen LogP contribution >= 0.6 is 0 Å². The number of rotatable bonds is 3. The molecule has 2 heterocycles. The van der Waals surface area contributed by atoms with Gasteiger partial charge in [0.05, 0.1) is 23.6 Å². The van der Waals surface area contributed by atoms with Gasteiger partial charge in [-0.3, -0.25) is 0 Å². The van der Waals surface area contributed by atoms with Crippen LogP contribution in [0.15, 0.2) is 30.6 Å². The zero-order chi connectivity index (χ0) is 16.1. The summed E-state index contributed by atoms with van der Waals surface area (Å²) in [6, 6.07) is 4.85. The molecule has 0 amide bonds. The topological polar surface area (TPSA) is 30.7 Å². The van der Waals surface area contributed by atoms with Crippen LogP contribution in [0.3, 0.4) is 0 Å². The first-order chi connectivity index (χ1) is 11.1. The highest BCUT2D eigenvalue weighted by Gasteiger charge is 2.29. The second-order valence-electron chi connectivity index (χ2n) is 6.47.